The van der Waals surface area contributed by atoms with Crippen molar-refractivity contribution in [2.75, 3.05) is 13.6 Å². The lowest BCUT2D eigenvalue weighted by atomic mass is 10.00. The van der Waals surface area contributed by atoms with Crippen molar-refractivity contribution in [3.63, 3.8) is 0 Å². The molecule has 1 aromatic carbocycles. The van der Waals surface area contributed by atoms with Gasteiger partial charge in [0.2, 0.25) is 0 Å². The number of hydrogen-bond donors (Lipinski definition) is 2. The molecule has 4 rings (SSSR count). The van der Waals surface area contributed by atoms with Crippen molar-refractivity contribution in [1.82, 2.24) is 19.3 Å². The largest absolute Gasteiger partial charge is 0.375 e. The van der Waals surface area contributed by atoms with Crippen molar-refractivity contribution in [3.05, 3.63) is 65.9 Å². The number of carbonyl (C=O) groups excluding carboxylic acids is 1. The quantitative estimate of drug-likeness (QED) is 0.653. The summed E-state index contributed by atoms with van der Waals surface area (Å²) in [5.74, 6) is 5.39. The zero-order valence-electron chi connectivity index (χ0n) is 16.3. The van der Waals surface area contributed by atoms with Crippen LogP contribution in [0, 0.1) is 18.8 Å². The standard InChI is InChI=1S/C22H21N5O2/c1-14-12-24-21-19(25-18(20(23)28)13-27(14)21)17-6-4-5-16(11-17)7-8-22(29)9-10-26(3)15(22)2/h4-6,11-13,29H,2,9-10H2,1,3H3,(H2,23,28)/t22-/m0/s1. The zero-order valence-corrected chi connectivity index (χ0v) is 16.3. The van der Waals surface area contributed by atoms with Crippen molar-refractivity contribution >= 4 is 11.6 Å². The van der Waals surface area contributed by atoms with Crippen molar-refractivity contribution in [2.45, 2.75) is 18.9 Å². The monoisotopic (exact) mass is 387 g/mol. The minimum absolute atomic E-state index is 0.157. The van der Waals surface area contributed by atoms with E-state index in [-0.39, 0.29) is 5.69 Å². The maximum Gasteiger partial charge on any atom is 0.268 e. The molecule has 3 aromatic rings. The predicted molar refractivity (Wildman–Crippen MR) is 110 cm³/mol. The molecule has 1 saturated heterocycles. The van der Waals surface area contributed by atoms with Gasteiger partial charge in [-0.2, -0.15) is 0 Å². The number of hydrogen-bond acceptors (Lipinski definition) is 5. The molecule has 1 aliphatic heterocycles. The van der Waals surface area contributed by atoms with Gasteiger partial charge in [0.25, 0.3) is 5.91 Å². The fourth-order valence-corrected chi connectivity index (χ4v) is 3.40. The van der Waals surface area contributed by atoms with E-state index >= 15 is 0 Å². The number of benzene rings is 1. The molecule has 1 amide bonds. The lowest BCUT2D eigenvalue weighted by Crippen LogP contribution is -2.26. The smallest absolute Gasteiger partial charge is 0.268 e. The Bertz CT molecular complexity index is 1220. The second-order valence-electron chi connectivity index (χ2n) is 7.24. The number of imidazole rings is 1. The van der Waals surface area contributed by atoms with Crippen molar-refractivity contribution in [2.24, 2.45) is 5.73 Å². The molecule has 0 aliphatic carbocycles. The van der Waals surface area contributed by atoms with Crippen LogP contribution in [0.2, 0.25) is 0 Å². The van der Waals surface area contributed by atoms with E-state index in [1.807, 2.05) is 43.1 Å². The van der Waals surface area contributed by atoms with Crippen molar-refractivity contribution in [1.29, 1.82) is 0 Å². The van der Waals surface area contributed by atoms with Crippen molar-refractivity contribution < 1.29 is 9.90 Å². The maximum atomic E-state index is 11.7. The number of fused-ring (bicyclic) bond motifs is 1. The highest BCUT2D eigenvalue weighted by Gasteiger charge is 2.36. The number of aryl methyl sites for hydroxylation is 1. The maximum absolute atomic E-state index is 11.7. The first-order chi connectivity index (χ1) is 13.8. The van der Waals surface area contributed by atoms with Crippen LogP contribution in [0.3, 0.4) is 0 Å². The van der Waals surface area contributed by atoms with E-state index in [1.54, 1.807) is 16.8 Å². The number of amides is 1. The normalized spacial score (nSPS) is 18.7. The van der Waals surface area contributed by atoms with Crippen LogP contribution in [0.1, 0.15) is 28.2 Å². The first-order valence-electron chi connectivity index (χ1n) is 9.19. The molecule has 0 unspecified atom stereocenters. The van der Waals surface area contributed by atoms with Gasteiger partial charge >= 0.3 is 0 Å². The molecule has 3 heterocycles. The Kier molecular flexibility index (Phi) is 4.36. The van der Waals surface area contributed by atoms with Gasteiger partial charge < -0.3 is 20.1 Å². The van der Waals surface area contributed by atoms with Gasteiger partial charge in [-0.05, 0) is 19.1 Å². The third-order valence-electron chi connectivity index (χ3n) is 5.23. The van der Waals surface area contributed by atoms with Gasteiger partial charge in [0.1, 0.15) is 11.4 Å². The number of likely N-dealkylation sites (N-methyl/N-ethyl adjacent to an activating group) is 1. The van der Waals surface area contributed by atoms with E-state index in [9.17, 15) is 9.90 Å². The van der Waals surface area contributed by atoms with Crippen LogP contribution >= 0.6 is 0 Å². The molecule has 7 heteroatoms. The molecule has 29 heavy (non-hydrogen) atoms. The Morgan fingerprint density at radius 3 is 2.90 bits per heavy atom. The summed E-state index contributed by atoms with van der Waals surface area (Å²) in [6.45, 7) is 6.54. The van der Waals surface area contributed by atoms with Crippen LogP contribution in [0.5, 0.6) is 0 Å². The molecular formula is C22H21N5O2. The van der Waals surface area contributed by atoms with Gasteiger partial charge in [0.05, 0.1) is 5.70 Å². The van der Waals surface area contributed by atoms with Gasteiger partial charge in [-0.3, -0.25) is 4.79 Å². The summed E-state index contributed by atoms with van der Waals surface area (Å²) in [5.41, 5.74) is 8.51. The first kappa shape index (κ1) is 18.7. The predicted octanol–water partition coefficient (Wildman–Crippen LogP) is 1.74. The number of likely N-dealkylation sites (tertiary alicyclic amines) is 1. The number of nitrogens with zero attached hydrogens (tertiary/aromatic N) is 4. The van der Waals surface area contributed by atoms with Crippen LogP contribution < -0.4 is 5.73 Å². The topological polar surface area (TPSA) is 96.7 Å². The van der Waals surface area contributed by atoms with Crippen LogP contribution in [-0.4, -0.2) is 49.5 Å². The number of aliphatic hydroxyl groups is 1. The highest BCUT2D eigenvalue weighted by atomic mass is 16.3. The average molecular weight is 387 g/mol. The van der Waals surface area contributed by atoms with E-state index in [0.717, 1.165) is 11.3 Å². The number of carbonyl (C=O) groups is 1. The lowest BCUT2D eigenvalue weighted by molar-refractivity contribution is 0.0995. The van der Waals surface area contributed by atoms with E-state index in [4.69, 9.17) is 5.73 Å². The molecule has 0 radical (unpaired) electrons. The van der Waals surface area contributed by atoms with Gasteiger partial charge in [0, 0.05) is 49.2 Å². The summed E-state index contributed by atoms with van der Waals surface area (Å²) >= 11 is 0. The number of primary amides is 1. The molecule has 1 aliphatic rings. The second kappa shape index (κ2) is 6.76. The zero-order chi connectivity index (χ0) is 20.8. The van der Waals surface area contributed by atoms with Crippen LogP contribution in [-0.2, 0) is 0 Å². The fourth-order valence-electron chi connectivity index (χ4n) is 3.40. The fraction of sp³-hybridized carbons (Fsp3) is 0.227. The van der Waals surface area contributed by atoms with Gasteiger partial charge in [-0.15, -0.1) is 0 Å². The summed E-state index contributed by atoms with van der Waals surface area (Å²) in [7, 11) is 1.89. The molecule has 3 N–H and O–H groups in total. The Labute approximate surface area is 168 Å². The first-order valence-corrected chi connectivity index (χ1v) is 9.19. The van der Waals surface area contributed by atoms with E-state index < -0.39 is 11.5 Å². The molecule has 1 atom stereocenters. The molecule has 0 spiro atoms. The molecule has 2 aromatic heterocycles. The van der Waals surface area contributed by atoms with Crippen molar-refractivity contribution in [3.8, 4) is 23.1 Å². The van der Waals surface area contributed by atoms with E-state index in [1.165, 1.54) is 0 Å². The number of nitrogens with two attached hydrogens (primary N) is 1. The van der Waals surface area contributed by atoms with Crippen LogP contribution in [0.4, 0.5) is 0 Å². The van der Waals surface area contributed by atoms with E-state index in [2.05, 4.69) is 28.4 Å². The third kappa shape index (κ3) is 3.24. The molecule has 1 fully saturated rings. The Balaban J connectivity index is 1.79. The Morgan fingerprint density at radius 2 is 2.21 bits per heavy atom. The van der Waals surface area contributed by atoms with Gasteiger partial charge in [-0.1, -0.05) is 30.6 Å². The minimum Gasteiger partial charge on any atom is -0.375 e. The molecule has 0 saturated carbocycles. The van der Waals surface area contributed by atoms with Crippen LogP contribution in [0.15, 0.2) is 48.9 Å². The van der Waals surface area contributed by atoms with Crippen LogP contribution in [0.25, 0.3) is 16.9 Å². The third-order valence-corrected chi connectivity index (χ3v) is 5.23. The second-order valence-corrected chi connectivity index (χ2v) is 7.24. The number of aromatic nitrogens is 3. The lowest BCUT2D eigenvalue weighted by Gasteiger charge is -2.19. The average Bonchev–Trinajstić information content (AvgIpc) is 3.21. The summed E-state index contributed by atoms with van der Waals surface area (Å²) in [6.07, 6.45) is 3.82. The highest BCUT2D eigenvalue weighted by Crippen LogP contribution is 2.29. The SMILES string of the molecule is C=C1N(C)CC[C@@]1(O)C#Cc1cccc(-c2nc(C(N)=O)cn3c(C)cnc23)c1. The Morgan fingerprint density at radius 1 is 1.41 bits per heavy atom. The summed E-state index contributed by atoms with van der Waals surface area (Å²) in [5, 5.41) is 10.7. The van der Waals surface area contributed by atoms with Gasteiger partial charge in [-0.25, -0.2) is 9.97 Å². The number of rotatable bonds is 2. The molecule has 146 valence electrons. The highest BCUT2D eigenvalue weighted by molar-refractivity contribution is 5.92. The van der Waals surface area contributed by atoms with Gasteiger partial charge in [0.15, 0.2) is 11.2 Å². The summed E-state index contributed by atoms with van der Waals surface area (Å²) in [6, 6.07) is 7.44. The van der Waals surface area contributed by atoms with E-state index in [0.29, 0.717) is 35.6 Å². The molecular weight excluding hydrogens is 366 g/mol. The molecule has 0 bridgehead atoms. The molecule has 7 nitrogen and oxygen atoms in total. The summed E-state index contributed by atoms with van der Waals surface area (Å²) in [4.78, 5) is 22.5. The minimum atomic E-state index is -1.22. The Hall–Kier alpha value is -3.63. The summed E-state index contributed by atoms with van der Waals surface area (Å²) < 4.78 is 1.79.